The molecule has 14 heteroatoms. The molecule has 12 rings (SSSR count). The number of anilines is 2. The Morgan fingerprint density at radius 3 is 1.31 bits per heavy atom. The number of ketones is 2. The number of pyridine rings is 2. The highest BCUT2D eigenvalue weighted by molar-refractivity contribution is 6.08. The van der Waals surface area contributed by atoms with E-state index in [4.69, 9.17) is 0 Å². The first-order valence-corrected chi connectivity index (χ1v) is 23.8. The van der Waals surface area contributed by atoms with E-state index in [1.807, 2.05) is 60.7 Å². The van der Waals surface area contributed by atoms with E-state index in [1.54, 1.807) is 24.3 Å². The molecule has 0 radical (unpaired) electrons. The lowest BCUT2D eigenvalue weighted by Crippen LogP contribution is -2.20. The van der Waals surface area contributed by atoms with E-state index in [0.29, 0.717) is 12.8 Å². The van der Waals surface area contributed by atoms with Gasteiger partial charge in [-0.1, -0.05) is 86.6 Å². The standard InChI is InChI=1S/2C29H23F2N3O2/c2*1-29-14-19(29)27(35)24-18(12-16-6-3-2-4-7-16)26(33-22(24)15-29)17-10-11-32-23(13-17)34-28(36)25-20(30)8-5-9-21(25)31/h2*2-11,13,19,33H,12,14-15H2,1H3,(H,32,34,36)/t2*19-,29+/m10/s1. The summed E-state index contributed by atoms with van der Waals surface area (Å²) in [6.07, 6.45) is 7.62. The van der Waals surface area contributed by atoms with Gasteiger partial charge in [-0.25, -0.2) is 27.5 Å². The summed E-state index contributed by atoms with van der Waals surface area (Å²) in [6, 6.07) is 33.3. The Labute approximate surface area is 411 Å². The zero-order valence-electron chi connectivity index (χ0n) is 39.1. The summed E-state index contributed by atoms with van der Waals surface area (Å²) in [6.45, 7) is 4.30. The number of benzene rings is 4. The van der Waals surface area contributed by atoms with Gasteiger partial charge < -0.3 is 20.6 Å². The summed E-state index contributed by atoms with van der Waals surface area (Å²) in [5.41, 5.74) is 9.12. The summed E-state index contributed by atoms with van der Waals surface area (Å²) in [5.74, 6) is -4.84. The van der Waals surface area contributed by atoms with E-state index in [9.17, 15) is 36.7 Å². The summed E-state index contributed by atoms with van der Waals surface area (Å²) in [7, 11) is 0. The molecule has 8 aromatic rings. The van der Waals surface area contributed by atoms with Gasteiger partial charge in [-0.2, -0.15) is 0 Å². The minimum Gasteiger partial charge on any atom is -0.358 e. The van der Waals surface area contributed by atoms with Crippen molar-refractivity contribution >= 4 is 35.0 Å². The van der Waals surface area contributed by atoms with Crippen molar-refractivity contribution in [3.63, 3.8) is 0 Å². The molecule has 0 unspecified atom stereocenters. The third-order valence-electron chi connectivity index (χ3n) is 14.8. The minimum atomic E-state index is -0.948. The minimum absolute atomic E-state index is 0.0113. The highest BCUT2D eigenvalue weighted by atomic mass is 19.1. The number of carbonyl (C=O) groups is 4. The summed E-state index contributed by atoms with van der Waals surface area (Å²) >= 11 is 0. The van der Waals surface area contributed by atoms with E-state index in [-0.39, 0.29) is 45.9 Å². The van der Waals surface area contributed by atoms with Crippen LogP contribution in [0.4, 0.5) is 29.2 Å². The lowest BCUT2D eigenvalue weighted by Gasteiger charge is -2.17. The van der Waals surface area contributed by atoms with Gasteiger partial charge in [0.15, 0.2) is 11.6 Å². The number of hydrogen-bond acceptors (Lipinski definition) is 6. The Hall–Kier alpha value is -8.26. The van der Waals surface area contributed by atoms with Crippen molar-refractivity contribution in [3.8, 4) is 22.5 Å². The highest BCUT2D eigenvalue weighted by Gasteiger charge is 2.59. The zero-order valence-corrected chi connectivity index (χ0v) is 39.1. The molecule has 4 aliphatic rings. The molecule has 2 saturated carbocycles. The fraction of sp³-hybridized carbons (Fsp3) is 0.207. The van der Waals surface area contributed by atoms with E-state index in [0.717, 1.165) is 117 Å². The van der Waals surface area contributed by atoms with Crippen molar-refractivity contribution in [2.75, 3.05) is 10.6 Å². The maximum atomic E-state index is 14.1. The maximum absolute atomic E-state index is 14.1. The van der Waals surface area contributed by atoms with Crippen LogP contribution in [-0.2, 0) is 25.7 Å². The van der Waals surface area contributed by atoms with E-state index in [2.05, 4.69) is 44.4 Å². The second-order valence-corrected chi connectivity index (χ2v) is 19.9. The van der Waals surface area contributed by atoms with Crippen molar-refractivity contribution in [1.29, 1.82) is 0 Å². The second kappa shape index (κ2) is 17.9. The SMILES string of the molecule is C[C@@]12Cc3[nH]c(-c4ccnc(NC(=O)c5c(F)cccc5F)c4)c(Cc4ccccc4)c3C(=O)[C@@H]1C2.C[C@]12Cc3[nH]c(-c4ccnc(NC(=O)c5c(F)cccc5F)c4)c(Cc4ccccc4)c3C(=O)[C@H]1C2. The molecule has 4 N–H and O–H groups in total. The van der Waals surface area contributed by atoms with Crippen molar-refractivity contribution in [1.82, 2.24) is 19.9 Å². The number of halogens is 4. The number of Topliss-reactive ketones (excluding diaryl/α,β-unsaturated/α-hetero) is 2. The van der Waals surface area contributed by atoms with E-state index < -0.39 is 46.2 Å². The van der Waals surface area contributed by atoms with Gasteiger partial charge in [0.2, 0.25) is 0 Å². The van der Waals surface area contributed by atoms with Gasteiger partial charge in [0, 0.05) is 70.7 Å². The average Bonchev–Trinajstić information content (AvgIpc) is 4.15. The smallest absolute Gasteiger partial charge is 0.262 e. The second-order valence-electron chi connectivity index (χ2n) is 19.9. The molecule has 4 aliphatic carbocycles. The number of rotatable bonds is 10. The molecule has 4 atom stereocenters. The van der Waals surface area contributed by atoms with Crippen LogP contribution in [0.5, 0.6) is 0 Å². The van der Waals surface area contributed by atoms with Crippen molar-refractivity contribution < 1.29 is 36.7 Å². The van der Waals surface area contributed by atoms with Gasteiger partial charge in [-0.05, 0) is 107 Å². The number of aromatic nitrogens is 4. The van der Waals surface area contributed by atoms with Gasteiger partial charge in [0.1, 0.15) is 46.0 Å². The molecule has 4 aromatic heterocycles. The van der Waals surface area contributed by atoms with Gasteiger partial charge in [0.05, 0.1) is 11.4 Å². The number of nitrogens with one attached hydrogen (secondary N) is 4. The first kappa shape index (κ1) is 46.1. The molecule has 2 amide bonds. The average molecular weight is 967 g/mol. The molecule has 72 heavy (non-hydrogen) atoms. The van der Waals surface area contributed by atoms with Crippen LogP contribution >= 0.6 is 0 Å². The van der Waals surface area contributed by atoms with Gasteiger partial charge >= 0.3 is 0 Å². The lowest BCUT2D eigenvalue weighted by atomic mass is 9.84. The van der Waals surface area contributed by atoms with Gasteiger partial charge in [0.25, 0.3) is 11.8 Å². The Morgan fingerprint density at radius 2 is 0.931 bits per heavy atom. The topological polar surface area (TPSA) is 150 Å². The Morgan fingerprint density at radius 1 is 0.556 bits per heavy atom. The van der Waals surface area contributed by atoms with Gasteiger partial charge in [-0.3, -0.25) is 19.2 Å². The lowest BCUT2D eigenvalue weighted by molar-refractivity contribution is 0.0931. The molecule has 4 heterocycles. The number of hydrogen-bond donors (Lipinski definition) is 4. The first-order valence-electron chi connectivity index (χ1n) is 23.8. The van der Waals surface area contributed by atoms with Crippen molar-refractivity contribution in [3.05, 3.63) is 213 Å². The molecule has 4 aromatic carbocycles. The number of nitrogens with zero attached hydrogens (tertiary/aromatic N) is 2. The molecule has 10 nitrogen and oxygen atoms in total. The third kappa shape index (κ3) is 8.50. The van der Waals surface area contributed by atoms with Gasteiger partial charge in [-0.15, -0.1) is 0 Å². The molecule has 360 valence electrons. The predicted octanol–water partition coefficient (Wildman–Crippen LogP) is 11.9. The highest BCUT2D eigenvalue weighted by Crippen LogP contribution is 2.61. The molecule has 0 aliphatic heterocycles. The number of fused-ring (bicyclic) bond motifs is 4. The summed E-state index contributed by atoms with van der Waals surface area (Å²) in [4.78, 5) is 67.3. The summed E-state index contributed by atoms with van der Waals surface area (Å²) < 4.78 is 56.3. The van der Waals surface area contributed by atoms with Crippen LogP contribution in [0.3, 0.4) is 0 Å². The van der Waals surface area contributed by atoms with Crippen LogP contribution in [-0.4, -0.2) is 43.3 Å². The number of aromatic amines is 2. The molecule has 0 saturated heterocycles. The van der Waals surface area contributed by atoms with Crippen LogP contribution < -0.4 is 10.6 Å². The van der Waals surface area contributed by atoms with E-state index >= 15 is 0 Å². The predicted molar refractivity (Wildman–Crippen MR) is 264 cm³/mol. The maximum Gasteiger partial charge on any atom is 0.262 e. The van der Waals surface area contributed by atoms with Crippen molar-refractivity contribution in [2.45, 2.75) is 52.4 Å². The van der Waals surface area contributed by atoms with Crippen LogP contribution in [0.1, 0.15) is 102 Å². The fourth-order valence-corrected chi connectivity index (χ4v) is 10.8. The molecule has 0 spiro atoms. The number of amides is 2. The van der Waals surface area contributed by atoms with Crippen LogP contribution in [0, 0.1) is 45.9 Å². The molecule has 2 fully saturated rings. The number of carbonyl (C=O) groups excluding carboxylic acids is 4. The Balaban J connectivity index is 0.000000156. The number of H-pyrrole nitrogens is 2. The molecular weight excluding hydrogens is 921 g/mol. The van der Waals surface area contributed by atoms with Crippen molar-refractivity contribution in [2.24, 2.45) is 22.7 Å². The Kier molecular flexibility index (Phi) is 11.4. The zero-order chi connectivity index (χ0) is 50.1. The third-order valence-corrected chi connectivity index (χ3v) is 14.8. The van der Waals surface area contributed by atoms with Crippen LogP contribution in [0.2, 0.25) is 0 Å². The van der Waals surface area contributed by atoms with Crippen LogP contribution in [0.15, 0.2) is 134 Å². The quantitative estimate of drug-likeness (QED) is 0.100. The molecular formula is C58H46F4N6O4. The first-order chi connectivity index (χ1) is 34.7. The summed E-state index contributed by atoms with van der Waals surface area (Å²) in [5, 5.41) is 5.00. The fourth-order valence-electron chi connectivity index (χ4n) is 10.8. The largest absolute Gasteiger partial charge is 0.358 e. The monoisotopic (exact) mass is 966 g/mol. The Bertz CT molecular complexity index is 3250. The molecule has 0 bridgehead atoms. The van der Waals surface area contributed by atoms with Crippen LogP contribution in [0.25, 0.3) is 22.5 Å². The van der Waals surface area contributed by atoms with E-state index in [1.165, 1.54) is 24.5 Å². The normalized spacial score (nSPS) is 20.0.